The lowest BCUT2D eigenvalue weighted by Gasteiger charge is -2.01. The highest BCUT2D eigenvalue weighted by atomic mass is 16.4. The van der Waals surface area contributed by atoms with E-state index in [9.17, 15) is 4.79 Å². The predicted molar refractivity (Wildman–Crippen MR) is 60.2 cm³/mol. The average molecular weight is 214 g/mol. The first-order valence-electron chi connectivity index (χ1n) is 4.77. The van der Waals surface area contributed by atoms with E-state index in [1.54, 1.807) is 17.0 Å². The first-order chi connectivity index (χ1) is 7.75. The van der Waals surface area contributed by atoms with Gasteiger partial charge in [-0.15, -0.1) is 0 Å². The molecular weight excluding hydrogens is 204 g/mol. The molecule has 2 aromatic rings. The molecule has 0 bridgehead atoms. The molecule has 0 spiro atoms. The maximum absolute atomic E-state index is 10.4. The number of aromatic nitrogens is 2. The predicted octanol–water partition coefficient (Wildman–Crippen LogP) is 1.97. The van der Waals surface area contributed by atoms with Gasteiger partial charge in [-0.2, -0.15) is 5.10 Å². The Kier molecular flexibility index (Phi) is 2.82. The second-order valence-electron chi connectivity index (χ2n) is 3.22. The number of carboxylic acid groups (broad SMARTS) is 1. The second kappa shape index (κ2) is 4.44. The van der Waals surface area contributed by atoms with E-state index in [-0.39, 0.29) is 0 Å². The Hall–Kier alpha value is -2.36. The van der Waals surface area contributed by atoms with Crippen molar-refractivity contribution in [1.29, 1.82) is 0 Å². The summed E-state index contributed by atoms with van der Waals surface area (Å²) in [6, 6.07) is 9.31. The maximum atomic E-state index is 10.4. The van der Waals surface area contributed by atoms with Gasteiger partial charge in [-0.05, 0) is 29.8 Å². The molecule has 2 rings (SSSR count). The quantitative estimate of drug-likeness (QED) is 0.795. The summed E-state index contributed by atoms with van der Waals surface area (Å²) < 4.78 is 1.72. The lowest BCUT2D eigenvalue weighted by molar-refractivity contribution is -0.131. The third-order valence-electron chi connectivity index (χ3n) is 2.06. The van der Waals surface area contributed by atoms with Gasteiger partial charge in [-0.3, -0.25) is 0 Å². The molecule has 1 N–H and O–H groups in total. The molecule has 0 aliphatic rings. The summed E-state index contributed by atoms with van der Waals surface area (Å²) in [4.78, 5) is 10.4. The van der Waals surface area contributed by atoms with Crippen LogP contribution in [0.1, 0.15) is 5.56 Å². The van der Waals surface area contributed by atoms with Crippen LogP contribution in [0.15, 0.2) is 48.8 Å². The average Bonchev–Trinajstić information content (AvgIpc) is 2.80. The molecule has 4 nitrogen and oxygen atoms in total. The third kappa shape index (κ3) is 2.36. The summed E-state index contributed by atoms with van der Waals surface area (Å²) in [5.74, 6) is -0.954. The highest BCUT2D eigenvalue weighted by molar-refractivity contribution is 5.85. The fraction of sp³-hybridized carbons (Fsp3) is 0. The number of hydrogen-bond donors (Lipinski definition) is 1. The van der Waals surface area contributed by atoms with Crippen LogP contribution in [0.4, 0.5) is 0 Å². The van der Waals surface area contributed by atoms with Crippen LogP contribution in [0, 0.1) is 0 Å². The molecule has 0 amide bonds. The highest BCUT2D eigenvalue weighted by Crippen LogP contribution is 2.10. The molecule has 0 saturated carbocycles. The van der Waals surface area contributed by atoms with Crippen LogP contribution >= 0.6 is 0 Å². The monoisotopic (exact) mass is 214 g/mol. The smallest absolute Gasteiger partial charge is 0.328 e. The van der Waals surface area contributed by atoms with Gasteiger partial charge < -0.3 is 5.11 Å². The Morgan fingerprint density at radius 3 is 2.94 bits per heavy atom. The molecule has 16 heavy (non-hydrogen) atoms. The minimum absolute atomic E-state index is 0.829. The van der Waals surface area contributed by atoms with Crippen molar-refractivity contribution in [2.75, 3.05) is 0 Å². The van der Waals surface area contributed by atoms with Gasteiger partial charge >= 0.3 is 5.97 Å². The molecule has 1 heterocycles. The van der Waals surface area contributed by atoms with Crippen LogP contribution in [-0.4, -0.2) is 20.9 Å². The molecule has 0 radical (unpaired) electrons. The Morgan fingerprint density at radius 2 is 2.25 bits per heavy atom. The second-order valence-corrected chi connectivity index (χ2v) is 3.22. The minimum Gasteiger partial charge on any atom is -0.478 e. The van der Waals surface area contributed by atoms with Gasteiger partial charge in [0.1, 0.15) is 0 Å². The zero-order valence-corrected chi connectivity index (χ0v) is 8.45. The van der Waals surface area contributed by atoms with Gasteiger partial charge in [-0.1, -0.05) is 12.1 Å². The largest absolute Gasteiger partial charge is 0.478 e. The van der Waals surface area contributed by atoms with Gasteiger partial charge in [0, 0.05) is 18.5 Å². The number of hydrogen-bond acceptors (Lipinski definition) is 2. The molecular formula is C12H10N2O2. The fourth-order valence-electron chi connectivity index (χ4n) is 1.36. The Balaban J connectivity index is 2.30. The van der Waals surface area contributed by atoms with E-state index in [0.29, 0.717) is 0 Å². The lowest BCUT2D eigenvalue weighted by atomic mass is 10.2. The van der Waals surface area contributed by atoms with Gasteiger partial charge in [0.05, 0.1) is 5.69 Å². The van der Waals surface area contributed by atoms with E-state index in [1.807, 2.05) is 36.5 Å². The van der Waals surface area contributed by atoms with Crippen molar-refractivity contribution in [3.05, 3.63) is 54.4 Å². The highest BCUT2D eigenvalue weighted by Gasteiger charge is 1.96. The number of aliphatic carboxylic acids is 1. The normalized spacial score (nSPS) is 10.8. The van der Waals surface area contributed by atoms with Crippen LogP contribution in [-0.2, 0) is 4.79 Å². The maximum Gasteiger partial charge on any atom is 0.328 e. The van der Waals surface area contributed by atoms with Crippen LogP contribution < -0.4 is 0 Å². The third-order valence-corrected chi connectivity index (χ3v) is 2.06. The van der Waals surface area contributed by atoms with Gasteiger partial charge in [0.25, 0.3) is 0 Å². The van der Waals surface area contributed by atoms with Crippen molar-refractivity contribution < 1.29 is 9.90 Å². The van der Waals surface area contributed by atoms with Crippen LogP contribution in [0.25, 0.3) is 11.8 Å². The van der Waals surface area contributed by atoms with Crippen molar-refractivity contribution in [2.24, 2.45) is 0 Å². The first kappa shape index (κ1) is 10.2. The molecule has 4 heteroatoms. The lowest BCUT2D eigenvalue weighted by Crippen LogP contribution is -1.94. The molecule has 80 valence electrons. The van der Waals surface area contributed by atoms with Gasteiger partial charge in [0.15, 0.2) is 0 Å². The Bertz CT molecular complexity index is 516. The van der Waals surface area contributed by atoms with Crippen LogP contribution in [0.5, 0.6) is 0 Å². The van der Waals surface area contributed by atoms with E-state index in [0.717, 1.165) is 17.3 Å². The molecule has 0 saturated heterocycles. The van der Waals surface area contributed by atoms with Crippen molar-refractivity contribution in [1.82, 2.24) is 9.78 Å². The molecule has 1 aromatic heterocycles. The molecule has 0 aliphatic carbocycles. The molecule has 0 unspecified atom stereocenters. The number of carboxylic acids is 1. The van der Waals surface area contributed by atoms with Crippen LogP contribution in [0.3, 0.4) is 0 Å². The SMILES string of the molecule is O=C(O)C=Cc1cccc(-n2cccn2)c1. The summed E-state index contributed by atoms with van der Waals surface area (Å²) in [6.07, 6.45) is 6.19. The molecule has 0 atom stereocenters. The first-order valence-corrected chi connectivity index (χ1v) is 4.77. The van der Waals surface area contributed by atoms with E-state index in [1.165, 1.54) is 0 Å². The Morgan fingerprint density at radius 1 is 1.38 bits per heavy atom. The van der Waals surface area contributed by atoms with E-state index >= 15 is 0 Å². The Labute approximate surface area is 92.5 Å². The standard InChI is InChI=1S/C12H10N2O2/c15-12(16)6-5-10-3-1-4-11(9-10)14-8-2-7-13-14/h1-9H,(H,15,16). The van der Waals surface area contributed by atoms with E-state index in [2.05, 4.69) is 5.10 Å². The zero-order chi connectivity index (χ0) is 11.4. The summed E-state index contributed by atoms with van der Waals surface area (Å²) in [6.45, 7) is 0. The van der Waals surface area contributed by atoms with Crippen molar-refractivity contribution in [3.8, 4) is 5.69 Å². The zero-order valence-electron chi connectivity index (χ0n) is 8.45. The summed E-state index contributed by atoms with van der Waals surface area (Å²) in [5.41, 5.74) is 1.73. The van der Waals surface area contributed by atoms with Crippen molar-refractivity contribution in [3.63, 3.8) is 0 Å². The number of nitrogens with zero attached hydrogens (tertiary/aromatic N) is 2. The summed E-state index contributed by atoms with van der Waals surface area (Å²) in [5, 5.41) is 12.6. The van der Waals surface area contributed by atoms with Crippen molar-refractivity contribution >= 4 is 12.0 Å². The molecule has 1 aromatic carbocycles. The summed E-state index contributed by atoms with van der Waals surface area (Å²) in [7, 11) is 0. The number of carbonyl (C=O) groups is 1. The van der Waals surface area contributed by atoms with Crippen molar-refractivity contribution in [2.45, 2.75) is 0 Å². The number of rotatable bonds is 3. The topological polar surface area (TPSA) is 55.1 Å². The number of benzene rings is 1. The van der Waals surface area contributed by atoms with E-state index < -0.39 is 5.97 Å². The summed E-state index contributed by atoms with van der Waals surface area (Å²) >= 11 is 0. The van der Waals surface area contributed by atoms with E-state index in [4.69, 9.17) is 5.11 Å². The minimum atomic E-state index is -0.954. The molecule has 0 aliphatic heterocycles. The van der Waals surface area contributed by atoms with Gasteiger partial charge in [0.2, 0.25) is 0 Å². The van der Waals surface area contributed by atoms with Gasteiger partial charge in [-0.25, -0.2) is 9.48 Å². The fourth-order valence-corrected chi connectivity index (χ4v) is 1.36. The van der Waals surface area contributed by atoms with Crippen LogP contribution in [0.2, 0.25) is 0 Å². The molecule has 0 fully saturated rings.